The number of hydrogen-bond acceptors (Lipinski definition) is 3. The molecule has 0 bridgehead atoms. The fourth-order valence-corrected chi connectivity index (χ4v) is 3.35. The van der Waals surface area contributed by atoms with Gasteiger partial charge < -0.3 is 5.73 Å². The molecule has 0 spiro atoms. The lowest BCUT2D eigenvalue weighted by atomic mass is 10.2. The quantitative estimate of drug-likeness (QED) is 0.727. The molecule has 0 saturated heterocycles. The summed E-state index contributed by atoms with van der Waals surface area (Å²) in [5.41, 5.74) is 7.27. The third-order valence-corrected chi connectivity index (χ3v) is 4.30. The van der Waals surface area contributed by atoms with Crippen LogP contribution in [0, 0.1) is 11.6 Å². The van der Waals surface area contributed by atoms with Crippen molar-refractivity contribution in [3.05, 3.63) is 50.8 Å². The molecular formula is C13H7Cl2F2N3S. The minimum absolute atomic E-state index is 0.0896. The Balaban J connectivity index is 2.11. The minimum Gasteiger partial charge on any atom is -0.396 e. The third-order valence-electron chi connectivity index (χ3n) is 2.81. The summed E-state index contributed by atoms with van der Waals surface area (Å²) in [5, 5.41) is 4.21. The van der Waals surface area contributed by atoms with E-state index < -0.39 is 11.6 Å². The zero-order chi connectivity index (χ0) is 15.1. The lowest BCUT2D eigenvalue weighted by molar-refractivity contribution is 0.574. The van der Waals surface area contributed by atoms with E-state index in [9.17, 15) is 8.78 Å². The largest absolute Gasteiger partial charge is 0.396 e. The Hall–Kier alpha value is -1.63. The van der Waals surface area contributed by atoms with Gasteiger partial charge in [-0.2, -0.15) is 5.10 Å². The van der Waals surface area contributed by atoms with Crippen molar-refractivity contribution in [2.24, 2.45) is 0 Å². The van der Waals surface area contributed by atoms with Crippen LogP contribution in [0.25, 0.3) is 16.9 Å². The van der Waals surface area contributed by atoms with E-state index in [0.29, 0.717) is 25.6 Å². The highest BCUT2D eigenvalue weighted by Gasteiger charge is 2.17. The van der Waals surface area contributed by atoms with Crippen molar-refractivity contribution in [2.45, 2.75) is 0 Å². The molecule has 2 aromatic heterocycles. The molecule has 3 rings (SSSR count). The minimum atomic E-state index is -0.738. The molecule has 8 heteroatoms. The van der Waals surface area contributed by atoms with E-state index >= 15 is 0 Å². The Morgan fingerprint density at radius 3 is 2.57 bits per heavy atom. The number of thiophene rings is 1. The monoisotopic (exact) mass is 345 g/mol. The van der Waals surface area contributed by atoms with Gasteiger partial charge in [0.15, 0.2) is 5.82 Å². The molecule has 2 N–H and O–H groups in total. The van der Waals surface area contributed by atoms with Crippen LogP contribution in [-0.4, -0.2) is 9.78 Å². The maximum Gasteiger partial charge on any atom is 0.151 e. The van der Waals surface area contributed by atoms with Crippen LogP contribution in [0.5, 0.6) is 0 Å². The molecular weight excluding hydrogens is 339 g/mol. The van der Waals surface area contributed by atoms with Gasteiger partial charge in [-0.25, -0.2) is 13.5 Å². The van der Waals surface area contributed by atoms with E-state index in [-0.39, 0.29) is 5.69 Å². The Morgan fingerprint density at radius 2 is 1.95 bits per heavy atom. The number of nitrogens with two attached hydrogens (primary N) is 1. The van der Waals surface area contributed by atoms with E-state index in [1.54, 1.807) is 6.07 Å². The molecule has 0 amide bonds. The first-order chi connectivity index (χ1) is 9.95. The van der Waals surface area contributed by atoms with E-state index in [1.807, 2.05) is 0 Å². The van der Waals surface area contributed by atoms with Crippen molar-refractivity contribution >= 4 is 40.2 Å². The zero-order valence-corrected chi connectivity index (χ0v) is 12.6. The lowest BCUT2D eigenvalue weighted by Gasteiger charge is -2.02. The van der Waals surface area contributed by atoms with E-state index in [0.717, 1.165) is 12.1 Å². The van der Waals surface area contributed by atoms with Crippen molar-refractivity contribution < 1.29 is 8.78 Å². The fraction of sp³-hybridized carbons (Fsp3) is 0. The molecule has 0 unspecified atom stereocenters. The van der Waals surface area contributed by atoms with Gasteiger partial charge in [0, 0.05) is 11.6 Å². The molecule has 21 heavy (non-hydrogen) atoms. The van der Waals surface area contributed by atoms with Crippen molar-refractivity contribution in [1.29, 1.82) is 0 Å². The molecule has 3 aromatic rings. The predicted molar refractivity (Wildman–Crippen MR) is 81.2 cm³/mol. The number of anilines is 1. The fourth-order valence-electron chi connectivity index (χ4n) is 1.89. The topological polar surface area (TPSA) is 43.8 Å². The SMILES string of the molecule is Nc1cn(-c2ccc(F)cc2F)nc1-c1cc(Cl)sc1Cl. The zero-order valence-electron chi connectivity index (χ0n) is 10.3. The summed E-state index contributed by atoms with van der Waals surface area (Å²) in [4.78, 5) is 0. The van der Waals surface area contributed by atoms with Crippen LogP contribution in [0.3, 0.4) is 0 Å². The summed E-state index contributed by atoms with van der Waals surface area (Å²) in [6.07, 6.45) is 1.44. The third kappa shape index (κ3) is 2.62. The second kappa shape index (κ2) is 5.29. The van der Waals surface area contributed by atoms with Gasteiger partial charge in [0.2, 0.25) is 0 Å². The molecule has 2 heterocycles. The van der Waals surface area contributed by atoms with Crippen LogP contribution < -0.4 is 5.73 Å². The van der Waals surface area contributed by atoms with Crippen molar-refractivity contribution in [2.75, 3.05) is 5.73 Å². The van der Waals surface area contributed by atoms with Crippen LogP contribution in [0.15, 0.2) is 30.5 Å². The second-order valence-corrected chi connectivity index (χ2v) is 6.50. The van der Waals surface area contributed by atoms with E-state index in [2.05, 4.69) is 5.10 Å². The average Bonchev–Trinajstić information content (AvgIpc) is 2.92. The molecule has 0 radical (unpaired) electrons. The molecule has 0 aliphatic heterocycles. The average molecular weight is 346 g/mol. The van der Waals surface area contributed by atoms with Crippen LogP contribution in [0.4, 0.5) is 14.5 Å². The van der Waals surface area contributed by atoms with Gasteiger partial charge in [0.1, 0.15) is 21.5 Å². The molecule has 0 saturated carbocycles. The van der Waals surface area contributed by atoms with Crippen LogP contribution >= 0.6 is 34.5 Å². The molecule has 0 aliphatic carbocycles. The number of hydrogen-bond donors (Lipinski definition) is 1. The van der Waals surface area contributed by atoms with Gasteiger partial charge in [0.25, 0.3) is 0 Å². The van der Waals surface area contributed by atoms with Gasteiger partial charge in [-0.15, -0.1) is 11.3 Å². The number of aromatic nitrogens is 2. The second-order valence-electron chi connectivity index (χ2n) is 4.21. The Bertz CT molecular complexity index is 829. The molecule has 0 aliphatic rings. The van der Waals surface area contributed by atoms with Gasteiger partial charge in [-0.3, -0.25) is 0 Å². The summed E-state index contributed by atoms with van der Waals surface area (Å²) >= 11 is 13.1. The maximum absolute atomic E-state index is 13.8. The van der Waals surface area contributed by atoms with E-state index in [4.69, 9.17) is 28.9 Å². The molecule has 0 fully saturated rings. The van der Waals surface area contributed by atoms with Crippen LogP contribution in [-0.2, 0) is 0 Å². The molecule has 0 atom stereocenters. The summed E-state index contributed by atoms with van der Waals surface area (Å²) < 4.78 is 28.9. The summed E-state index contributed by atoms with van der Waals surface area (Å²) in [5.74, 6) is -1.40. The Morgan fingerprint density at radius 1 is 1.19 bits per heavy atom. The molecule has 3 nitrogen and oxygen atoms in total. The Kier molecular flexibility index (Phi) is 3.61. The lowest BCUT2D eigenvalue weighted by Crippen LogP contribution is -1.99. The van der Waals surface area contributed by atoms with Gasteiger partial charge in [0.05, 0.1) is 16.2 Å². The molecule has 1 aromatic carbocycles. The number of rotatable bonds is 2. The normalized spacial score (nSPS) is 11.0. The first-order valence-electron chi connectivity index (χ1n) is 5.71. The Labute approximate surface area is 132 Å². The van der Waals surface area contributed by atoms with Crippen molar-refractivity contribution in [3.8, 4) is 16.9 Å². The number of nitrogens with zero attached hydrogens (tertiary/aromatic N) is 2. The van der Waals surface area contributed by atoms with Gasteiger partial charge in [-0.1, -0.05) is 23.2 Å². The first kappa shape index (κ1) is 14.3. The molecule has 108 valence electrons. The van der Waals surface area contributed by atoms with E-state index in [1.165, 1.54) is 28.3 Å². The van der Waals surface area contributed by atoms with Crippen LogP contribution in [0.2, 0.25) is 8.67 Å². The first-order valence-corrected chi connectivity index (χ1v) is 7.28. The highest BCUT2D eigenvalue weighted by molar-refractivity contribution is 7.20. The summed E-state index contributed by atoms with van der Waals surface area (Å²) in [6, 6.07) is 4.84. The van der Waals surface area contributed by atoms with Gasteiger partial charge >= 0.3 is 0 Å². The number of benzene rings is 1. The predicted octanol–water partition coefficient (Wildman–Crippen LogP) is 4.77. The van der Waals surface area contributed by atoms with Crippen molar-refractivity contribution in [3.63, 3.8) is 0 Å². The highest BCUT2D eigenvalue weighted by atomic mass is 35.5. The maximum atomic E-state index is 13.8. The smallest absolute Gasteiger partial charge is 0.151 e. The number of nitrogen functional groups attached to an aromatic ring is 1. The van der Waals surface area contributed by atoms with Crippen molar-refractivity contribution in [1.82, 2.24) is 9.78 Å². The highest BCUT2D eigenvalue weighted by Crippen LogP contribution is 2.39. The summed E-state index contributed by atoms with van der Waals surface area (Å²) in [7, 11) is 0. The summed E-state index contributed by atoms with van der Waals surface area (Å²) in [6.45, 7) is 0. The van der Waals surface area contributed by atoms with Crippen LogP contribution in [0.1, 0.15) is 0 Å². The standard InChI is InChI=1S/C13H7Cl2F2N3S/c14-11-4-7(13(15)21-11)12-9(18)5-20(19-12)10-2-1-6(16)3-8(10)17/h1-5H,18H2. The van der Waals surface area contributed by atoms with Gasteiger partial charge in [-0.05, 0) is 18.2 Å². The number of halogens is 4.